The van der Waals surface area contributed by atoms with Crippen molar-refractivity contribution in [1.29, 1.82) is 0 Å². The lowest BCUT2D eigenvalue weighted by molar-refractivity contribution is 0.564. The Morgan fingerprint density at radius 2 is 2.33 bits per heavy atom. The summed E-state index contributed by atoms with van der Waals surface area (Å²) >= 11 is 5.74. The SMILES string of the molecule is NC(Cn1ccnc1)c1ccc(Cl)cn1. The van der Waals surface area contributed by atoms with Gasteiger partial charge in [-0.2, -0.15) is 0 Å². The molecule has 1 atom stereocenters. The summed E-state index contributed by atoms with van der Waals surface area (Å²) in [5.41, 5.74) is 6.81. The Morgan fingerprint density at radius 3 is 2.93 bits per heavy atom. The third-order valence-corrected chi connectivity index (χ3v) is 2.32. The monoisotopic (exact) mass is 222 g/mol. The second kappa shape index (κ2) is 4.42. The Kier molecular flexibility index (Phi) is 2.99. The van der Waals surface area contributed by atoms with E-state index < -0.39 is 0 Å². The molecule has 0 aliphatic carbocycles. The first-order valence-corrected chi connectivity index (χ1v) is 4.96. The molecular weight excluding hydrogens is 212 g/mol. The highest BCUT2D eigenvalue weighted by atomic mass is 35.5. The van der Waals surface area contributed by atoms with E-state index in [9.17, 15) is 0 Å². The van der Waals surface area contributed by atoms with Crippen molar-refractivity contribution >= 4 is 11.6 Å². The van der Waals surface area contributed by atoms with Gasteiger partial charge in [0.1, 0.15) is 0 Å². The molecule has 2 aromatic heterocycles. The Balaban J connectivity index is 2.08. The van der Waals surface area contributed by atoms with E-state index in [0.717, 1.165) is 5.69 Å². The van der Waals surface area contributed by atoms with E-state index >= 15 is 0 Å². The van der Waals surface area contributed by atoms with Crippen LogP contribution in [0, 0.1) is 0 Å². The molecule has 0 aromatic carbocycles. The van der Waals surface area contributed by atoms with Gasteiger partial charge in [-0.05, 0) is 12.1 Å². The minimum absolute atomic E-state index is 0.142. The molecule has 15 heavy (non-hydrogen) atoms. The topological polar surface area (TPSA) is 56.7 Å². The van der Waals surface area contributed by atoms with E-state index in [1.165, 1.54) is 0 Å². The molecular formula is C10H11ClN4. The lowest BCUT2D eigenvalue weighted by Crippen LogP contribution is -2.17. The minimum atomic E-state index is -0.142. The van der Waals surface area contributed by atoms with E-state index in [1.54, 1.807) is 24.8 Å². The Bertz CT molecular complexity index is 409. The third-order valence-electron chi connectivity index (χ3n) is 2.10. The number of imidazole rings is 1. The van der Waals surface area contributed by atoms with Gasteiger partial charge in [0.05, 0.1) is 23.1 Å². The zero-order chi connectivity index (χ0) is 10.7. The van der Waals surface area contributed by atoms with Crippen LogP contribution >= 0.6 is 11.6 Å². The van der Waals surface area contributed by atoms with Gasteiger partial charge in [0.15, 0.2) is 0 Å². The predicted molar refractivity (Wildman–Crippen MR) is 58.4 cm³/mol. The number of hydrogen-bond acceptors (Lipinski definition) is 3. The average Bonchev–Trinajstić information content (AvgIpc) is 2.71. The van der Waals surface area contributed by atoms with Gasteiger partial charge in [-0.25, -0.2) is 4.98 Å². The molecule has 2 aromatic rings. The Labute approximate surface area is 92.7 Å². The van der Waals surface area contributed by atoms with Crippen molar-refractivity contribution in [3.05, 3.63) is 47.8 Å². The van der Waals surface area contributed by atoms with Crippen LogP contribution in [-0.4, -0.2) is 14.5 Å². The van der Waals surface area contributed by atoms with Gasteiger partial charge < -0.3 is 10.3 Å². The zero-order valence-corrected chi connectivity index (χ0v) is 8.80. The molecule has 0 amide bonds. The largest absolute Gasteiger partial charge is 0.336 e. The summed E-state index contributed by atoms with van der Waals surface area (Å²) in [6.45, 7) is 0.661. The van der Waals surface area contributed by atoms with Crippen LogP contribution in [0.15, 0.2) is 37.1 Å². The number of pyridine rings is 1. The summed E-state index contributed by atoms with van der Waals surface area (Å²) in [6.07, 6.45) is 6.93. The molecule has 0 saturated heterocycles. The van der Waals surface area contributed by atoms with Gasteiger partial charge in [0.25, 0.3) is 0 Å². The first-order valence-electron chi connectivity index (χ1n) is 4.58. The second-order valence-electron chi connectivity index (χ2n) is 3.27. The highest BCUT2D eigenvalue weighted by Crippen LogP contribution is 2.12. The molecule has 4 nitrogen and oxygen atoms in total. The predicted octanol–water partition coefficient (Wildman–Crippen LogP) is 1.63. The second-order valence-corrected chi connectivity index (χ2v) is 3.70. The first kappa shape index (κ1) is 10.1. The van der Waals surface area contributed by atoms with Crippen LogP contribution in [0.2, 0.25) is 5.02 Å². The summed E-state index contributed by atoms with van der Waals surface area (Å²) in [5, 5.41) is 0.619. The zero-order valence-electron chi connectivity index (χ0n) is 8.05. The van der Waals surface area contributed by atoms with Crippen molar-refractivity contribution in [2.75, 3.05) is 0 Å². The van der Waals surface area contributed by atoms with E-state index in [1.807, 2.05) is 16.8 Å². The number of hydrogen-bond donors (Lipinski definition) is 1. The maximum absolute atomic E-state index is 5.98. The summed E-state index contributed by atoms with van der Waals surface area (Å²) in [7, 11) is 0. The fourth-order valence-electron chi connectivity index (χ4n) is 1.32. The number of rotatable bonds is 3. The fourth-order valence-corrected chi connectivity index (χ4v) is 1.43. The van der Waals surface area contributed by atoms with Gasteiger partial charge >= 0.3 is 0 Å². The molecule has 1 unspecified atom stereocenters. The Hall–Kier alpha value is -1.39. The fraction of sp³-hybridized carbons (Fsp3) is 0.200. The van der Waals surface area contributed by atoms with Crippen LogP contribution in [0.1, 0.15) is 11.7 Å². The molecule has 0 fully saturated rings. The molecule has 0 aliphatic heterocycles. The maximum Gasteiger partial charge on any atom is 0.0946 e. The van der Waals surface area contributed by atoms with Crippen molar-refractivity contribution in [2.45, 2.75) is 12.6 Å². The number of nitrogens with zero attached hydrogens (tertiary/aromatic N) is 3. The van der Waals surface area contributed by atoms with E-state index in [2.05, 4.69) is 9.97 Å². The van der Waals surface area contributed by atoms with Crippen LogP contribution in [0.3, 0.4) is 0 Å². The van der Waals surface area contributed by atoms with E-state index in [-0.39, 0.29) is 6.04 Å². The Morgan fingerprint density at radius 1 is 1.47 bits per heavy atom. The van der Waals surface area contributed by atoms with Crippen molar-refractivity contribution < 1.29 is 0 Å². The van der Waals surface area contributed by atoms with Gasteiger partial charge in [0.2, 0.25) is 0 Å². The van der Waals surface area contributed by atoms with Gasteiger partial charge in [-0.3, -0.25) is 4.98 Å². The quantitative estimate of drug-likeness (QED) is 0.859. The van der Waals surface area contributed by atoms with Crippen molar-refractivity contribution in [2.24, 2.45) is 5.73 Å². The molecule has 2 heterocycles. The first-order chi connectivity index (χ1) is 7.25. The summed E-state index contributed by atoms with van der Waals surface area (Å²) in [5.74, 6) is 0. The lowest BCUT2D eigenvalue weighted by atomic mass is 10.2. The van der Waals surface area contributed by atoms with Crippen LogP contribution in [0.4, 0.5) is 0 Å². The molecule has 2 rings (SSSR count). The molecule has 0 bridgehead atoms. The standard InChI is InChI=1S/C10H11ClN4/c11-8-1-2-10(14-5-8)9(12)6-15-4-3-13-7-15/h1-5,7,9H,6,12H2. The molecule has 0 radical (unpaired) electrons. The van der Waals surface area contributed by atoms with E-state index in [4.69, 9.17) is 17.3 Å². The van der Waals surface area contributed by atoms with Crippen LogP contribution in [-0.2, 0) is 6.54 Å². The molecule has 2 N–H and O–H groups in total. The molecule has 0 aliphatic rings. The van der Waals surface area contributed by atoms with E-state index in [0.29, 0.717) is 11.6 Å². The normalized spacial score (nSPS) is 12.7. The third kappa shape index (κ3) is 2.55. The minimum Gasteiger partial charge on any atom is -0.336 e. The highest BCUT2D eigenvalue weighted by molar-refractivity contribution is 6.30. The van der Waals surface area contributed by atoms with Gasteiger partial charge in [-0.1, -0.05) is 11.6 Å². The number of nitrogens with two attached hydrogens (primary N) is 1. The van der Waals surface area contributed by atoms with Crippen LogP contribution < -0.4 is 5.73 Å². The summed E-state index contributed by atoms with van der Waals surface area (Å²) in [4.78, 5) is 8.12. The number of halogens is 1. The molecule has 5 heteroatoms. The smallest absolute Gasteiger partial charge is 0.0946 e. The van der Waals surface area contributed by atoms with Gasteiger partial charge in [0, 0.05) is 25.1 Å². The average molecular weight is 223 g/mol. The van der Waals surface area contributed by atoms with Crippen LogP contribution in [0.5, 0.6) is 0 Å². The van der Waals surface area contributed by atoms with Crippen molar-refractivity contribution in [1.82, 2.24) is 14.5 Å². The highest BCUT2D eigenvalue weighted by Gasteiger charge is 2.07. The molecule has 78 valence electrons. The van der Waals surface area contributed by atoms with Gasteiger partial charge in [-0.15, -0.1) is 0 Å². The van der Waals surface area contributed by atoms with Crippen LogP contribution in [0.25, 0.3) is 0 Å². The maximum atomic E-state index is 5.98. The van der Waals surface area contributed by atoms with Crippen molar-refractivity contribution in [3.63, 3.8) is 0 Å². The lowest BCUT2D eigenvalue weighted by Gasteiger charge is -2.11. The summed E-state index contributed by atoms with van der Waals surface area (Å²) < 4.78 is 1.92. The molecule has 0 saturated carbocycles. The molecule has 0 spiro atoms. The number of aromatic nitrogens is 3. The summed E-state index contributed by atoms with van der Waals surface area (Å²) in [6, 6.07) is 3.48. The van der Waals surface area contributed by atoms with Crippen molar-refractivity contribution in [3.8, 4) is 0 Å².